The molecule has 0 fully saturated rings. The second-order valence-electron chi connectivity index (χ2n) is 2.17. The van der Waals surface area contributed by atoms with Crippen molar-refractivity contribution < 1.29 is 25.8 Å². The van der Waals surface area contributed by atoms with Crippen LogP contribution in [0.4, 0.5) is 8.78 Å². The van der Waals surface area contributed by atoms with Gasteiger partial charge in [-0.3, -0.25) is 4.39 Å². The Morgan fingerprint density at radius 2 is 1.67 bits per heavy atom. The van der Waals surface area contributed by atoms with Gasteiger partial charge in [-0.15, -0.1) is 6.07 Å². The van der Waals surface area contributed by atoms with Gasteiger partial charge in [0.1, 0.15) is 5.82 Å². The standard InChI is InChI=1S/C8H7F2.BrH.Mg/c1-5-3-4-6(2)8(10)7(5)9;;/h3-4H,1H2,2H3;1H;/q-1;;+2/p-1. The smallest absolute Gasteiger partial charge is 1.00 e. The van der Waals surface area contributed by atoms with Crippen molar-refractivity contribution in [2.45, 2.75) is 6.92 Å². The molecule has 1 rings (SSSR count). The molecule has 0 spiro atoms. The molecule has 62 valence electrons. The van der Waals surface area contributed by atoms with E-state index in [9.17, 15) is 8.78 Å². The van der Waals surface area contributed by atoms with E-state index in [1.165, 1.54) is 19.1 Å². The maximum absolute atomic E-state index is 12.6. The van der Waals surface area contributed by atoms with Crippen LogP contribution in [0.25, 0.3) is 0 Å². The Kier molecular flexibility index (Phi) is 7.08. The first-order chi connectivity index (χ1) is 4.63. The van der Waals surface area contributed by atoms with Gasteiger partial charge < -0.3 is 17.0 Å². The fraction of sp³-hybridized carbons (Fsp3) is 0.125. The van der Waals surface area contributed by atoms with Crippen LogP contribution in [-0.4, -0.2) is 23.1 Å². The van der Waals surface area contributed by atoms with Crippen molar-refractivity contribution in [2.75, 3.05) is 0 Å². The Balaban J connectivity index is 0. The molecule has 0 nitrogen and oxygen atoms in total. The van der Waals surface area contributed by atoms with Crippen LogP contribution < -0.4 is 17.0 Å². The molecule has 0 heterocycles. The van der Waals surface area contributed by atoms with Gasteiger partial charge in [0.25, 0.3) is 0 Å². The van der Waals surface area contributed by atoms with Gasteiger partial charge in [-0.25, -0.2) is 4.39 Å². The number of benzene rings is 1. The molecule has 0 aliphatic carbocycles. The van der Waals surface area contributed by atoms with Crippen LogP contribution >= 0.6 is 0 Å². The SMILES string of the molecule is [Br-].[CH2-]c1ccc(C)c(F)c1F.[Mg+2]. The minimum absolute atomic E-state index is 0. The van der Waals surface area contributed by atoms with Gasteiger partial charge in [0.15, 0.2) is 0 Å². The summed E-state index contributed by atoms with van der Waals surface area (Å²) in [5, 5.41) is 0. The van der Waals surface area contributed by atoms with Gasteiger partial charge in [0.05, 0.1) is 5.82 Å². The van der Waals surface area contributed by atoms with Gasteiger partial charge in [0.2, 0.25) is 0 Å². The predicted molar refractivity (Wildman–Crippen MR) is 41.3 cm³/mol. The minimum Gasteiger partial charge on any atom is -1.00 e. The van der Waals surface area contributed by atoms with Crippen LogP contribution in [0.1, 0.15) is 11.1 Å². The molecule has 0 unspecified atom stereocenters. The van der Waals surface area contributed by atoms with Crippen molar-refractivity contribution in [3.8, 4) is 0 Å². The van der Waals surface area contributed by atoms with Crippen molar-refractivity contribution in [1.82, 2.24) is 0 Å². The molecule has 0 aliphatic rings. The topological polar surface area (TPSA) is 0 Å². The molecule has 1 aromatic carbocycles. The fourth-order valence-electron chi connectivity index (χ4n) is 0.686. The Labute approximate surface area is 97.3 Å². The van der Waals surface area contributed by atoms with Crippen LogP contribution in [0, 0.1) is 25.5 Å². The third-order valence-corrected chi connectivity index (χ3v) is 1.36. The van der Waals surface area contributed by atoms with E-state index in [0.29, 0.717) is 5.56 Å². The van der Waals surface area contributed by atoms with E-state index in [2.05, 4.69) is 6.92 Å². The first kappa shape index (κ1) is 14.7. The summed E-state index contributed by atoms with van der Waals surface area (Å²) in [4.78, 5) is 0. The van der Waals surface area contributed by atoms with Crippen molar-refractivity contribution in [3.63, 3.8) is 0 Å². The summed E-state index contributed by atoms with van der Waals surface area (Å²) in [6.45, 7) is 4.82. The van der Waals surface area contributed by atoms with Crippen molar-refractivity contribution >= 4 is 23.1 Å². The molecule has 1 aromatic rings. The Morgan fingerprint density at radius 3 is 2.08 bits per heavy atom. The molecular weight excluding hydrogens is 238 g/mol. The predicted octanol–water partition coefficient (Wildman–Crippen LogP) is -0.921. The normalized spacial score (nSPS) is 8.25. The first-order valence-corrected chi connectivity index (χ1v) is 2.89. The number of aryl methyl sites for hydroxylation is 1. The maximum atomic E-state index is 12.6. The van der Waals surface area contributed by atoms with E-state index in [-0.39, 0.29) is 45.6 Å². The first-order valence-electron chi connectivity index (χ1n) is 2.89. The molecule has 0 atom stereocenters. The number of hydrogen-bond acceptors (Lipinski definition) is 0. The van der Waals surface area contributed by atoms with Crippen molar-refractivity contribution in [1.29, 1.82) is 0 Å². The molecule has 0 saturated heterocycles. The number of hydrogen-bond donors (Lipinski definition) is 0. The molecule has 0 N–H and O–H groups in total. The summed E-state index contributed by atoms with van der Waals surface area (Å²) in [5.74, 6) is -1.65. The zero-order valence-electron chi connectivity index (χ0n) is 6.70. The van der Waals surface area contributed by atoms with Crippen LogP contribution in [0.2, 0.25) is 0 Å². The molecule has 0 aliphatic heterocycles. The van der Waals surface area contributed by atoms with E-state index < -0.39 is 11.6 Å². The molecule has 0 aromatic heterocycles. The Morgan fingerprint density at radius 1 is 1.17 bits per heavy atom. The second-order valence-corrected chi connectivity index (χ2v) is 2.17. The Hall–Kier alpha value is 0.196. The fourth-order valence-corrected chi connectivity index (χ4v) is 0.686. The zero-order valence-corrected chi connectivity index (χ0v) is 9.70. The van der Waals surface area contributed by atoms with Crippen molar-refractivity contribution in [3.05, 3.63) is 41.8 Å². The van der Waals surface area contributed by atoms with Gasteiger partial charge in [0, 0.05) is 0 Å². The largest absolute Gasteiger partial charge is 2.00 e. The summed E-state index contributed by atoms with van der Waals surface area (Å²) in [6, 6.07) is 2.95. The Bertz CT molecular complexity index is 236. The summed E-state index contributed by atoms with van der Waals surface area (Å²) >= 11 is 0. The van der Waals surface area contributed by atoms with E-state index in [0.717, 1.165) is 0 Å². The molecule has 0 bridgehead atoms. The van der Waals surface area contributed by atoms with Crippen LogP contribution in [-0.2, 0) is 0 Å². The average molecular weight is 245 g/mol. The monoisotopic (exact) mass is 244 g/mol. The molecular formula is C8H7BrF2Mg. The third kappa shape index (κ3) is 2.92. The van der Waals surface area contributed by atoms with E-state index in [4.69, 9.17) is 0 Å². The molecule has 12 heavy (non-hydrogen) atoms. The van der Waals surface area contributed by atoms with Crippen LogP contribution in [0.15, 0.2) is 12.1 Å². The van der Waals surface area contributed by atoms with Crippen LogP contribution in [0.3, 0.4) is 0 Å². The van der Waals surface area contributed by atoms with Crippen molar-refractivity contribution in [2.24, 2.45) is 0 Å². The minimum atomic E-state index is -0.847. The molecule has 0 radical (unpaired) electrons. The van der Waals surface area contributed by atoms with Gasteiger partial charge in [-0.1, -0.05) is 0 Å². The maximum Gasteiger partial charge on any atom is 2.00 e. The van der Waals surface area contributed by atoms with E-state index in [1.807, 2.05) is 0 Å². The van der Waals surface area contributed by atoms with Crippen LogP contribution in [0.5, 0.6) is 0 Å². The van der Waals surface area contributed by atoms with Gasteiger partial charge >= 0.3 is 23.1 Å². The summed E-state index contributed by atoms with van der Waals surface area (Å²) in [6.07, 6.45) is 0. The number of halogens is 3. The number of rotatable bonds is 0. The molecule has 0 amide bonds. The summed E-state index contributed by atoms with van der Waals surface area (Å²) < 4.78 is 25.1. The average Bonchev–Trinajstić information content (AvgIpc) is 1.93. The summed E-state index contributed by atoms with van der Waals surface area (Å²) in [7, 11) is 0. The third-order valence-electron chi connectivity index (χ3n) is 1.36. The van der Waals surface area contributed by atoms with Gasteiger partial charge in [-0.2, -0.15) is 18.6 Å². The summed E-state index contributed by atoms with van der Waals surface area (Å²) in [5.41, 5.74) is 0.410. The quantitative estimate of drug-likeness (QED) is 0.410. The second kappa shape index (κ2) is 5.78. The molecule has 4 heteroatoms. The molecule has 0 saturated carbocycles. The van der Waals surface area contributed by atoms with Gasteiger partial charge in [-0.05, 0) is 12.5 Å². The van der Waals surface area contributed by atoms with E-state index >= 15 is 0 Å². The van der Waals surface area contributed by atoms with E-state index in [1.54, 1.807) is 0 Å². The zero-order chi connectivity index (χ0) is 7.72.